The third-order valence-electron chi connectivity index (χ3n) is 3.21. The van der Waals surface area contributed by atoms with Gasteiger partial charge in [-0.2, -0.15) is 0 Å². The lowest BCUT2D eigenvalue weighted by Gasteiger charge is -2.36. The minimum absolute atomic E-state index is 0.209. The van der Waals surface area contributed by atoms with Crippen LogP contribution in [0.15, 0.2) is 40.3 Å². The summed E-state index contributed by atoms with van der Waals surface area (Å²) >= 11 is 3.26. The molecule has 0 bridgehead atoms. The molecule has 108 valence electrons. The van der Waals surface area contributed by atoms with Gasteiger partial charge in [0.2, 0.25) is 0 Å². The number of hydrogen-bond donors (Lipinski definition) is 1. The van der Waals surface area contributed by atoms with E-state index in [0.29, 0.717) is 12.5 Å². The second-order valence-corrected chi connectivity index (χ2v) is 5.76. The molecule has 0 radical (unpaired) electrons. The third-order valence-corrected chi connectivity index (χ3v) is 3.46. The van der Waals surface area contributed by atoms with Crippen LogP contribution >= 0.6 is 15.9 Å². The Morgan fingerprint density at radius 2 is 1.85 bits per heavy atom. The van der Waals surface area contributed by atoms with Crippen LogP contribution in [0.4, 0.5) is 10.1 Å². The van der Waals surface area contributed by atoms with Gasteiger partial charge in [0.1, 0.15) is 5.82 Å². The lowest BCUT2D eigenvalue weighted by Crippen LogP contribution is -2.51. The fourth-order valence-electron chi connectivity index (χ4n) is 2.11. The highest BCUT2D eigenvalue weighted by atomic mass is 79.9. The van der Waals surface area contributed by atoms with Crippen LogP contribution in [0.3, 0.4) is 0 Å². The van der Waals surface area contributed by atoms with Gasteiger partial charge in [-0.25, -0.2) is 9.38 Å². The van der Waals surface area contributed by atoms with Gasteiger partial charge in [0.05, 0.1) is 6.54 Å². The fourth-order valence-corrected chi connectivity index (χ4v) is 2.24. The summed E-state index contributed by atoms with van der Waals surface area (Å²) in [6.07, 6.45) is 0. The summed E-state index contributed by atoms with van der Waals surface area (Å²) in [4.78, 5) is 8.53. The number of halogens is 2. The van der Waals surface area contributed by atoms with Gasteiger partial charge < -0.3 is 15.5 Å². The highest BCUT2D eigenvalue weighted by Crippen LogP contribution is 2.16. The molecule has 1 fully saturated rings. The molecule has 20 heavy (non-hydrogen) atoms. The smallest absolute Gasteiger partial charge is 0.191 e. The Bertz CT molecular complexity index is 492. The van der Waals surface area contributed by atoms with E-state index in [1.54, 1.807) is 12.1 Å². The molecule has 4 nitrogen and oxygen atoms in total. The van der Waals surface area contributed by atoms with Crippen LogP contribution < -0.4 is 10.6 Å². The molecule has 0 spiro atoms. The predicted octanol–water partition coefficient (Wildman–Crippen LogP) is 2.17. The van der Waals surface area contributed by atoms with Gasteiger partial charge in [-0.05, 0) is 24.3 Å². The zero-order valence-electron chi connectivity index (χ0n) is 11.2. The van der Waals surface area contributed by atoms with Crippen molar-refractivity contribution in [3.63, 3.8) is 0 Å². The van der Waals surface area contributed by atoms with Crippen molar-refractivity contribution in [1.29, 1.82) is 0 Å². The molecular formula is C14H18BrFN4. The highest BCUT2D eigenvalue weighted by Gasteiger charge is 2.18. The number of nitrogens with two attached hydrogens (primary N) is 1. The van der Waals surface area contributed by atoms with E-state index < -0.39 is 0 Å². The van der Waals surface area contributed by atoms with E-state index in [9.17, 15) is 4.39 Å². The molecule has 1 aliphatic heterocycles. The summed E-state index contributed by atoms with van der Waals surface area (Å²) in [5.74, 6) is 0.336. The van der Waals surface area contributed by atoms with E-state index in [2.05, 4.69) is 37.3 Å². The highest BCUT2D eigenvalue weighted by molar-refractivity contribution is 9.11. The second-order valence-electron chi connectivity index (χ2n) is 4.64. The van der Waals surface area contributed by atoms with Crippen molar-refractivity contribution < 1.29 is 4.39 Å². The van der Waals surface area contributed by atoms with Gasteiger partial charge in [-0.15, -0.1) is 0 Å². The Labute approximate surface area is 126 Å². The first-order valence-corrected chi connectivity index (χ1v) is 7.24. The summed E-state index contributed by atoms with van der Waals surface area (Å²) in [6, 6.07) is 6.58. The molecule has 2 N–H and O–H groups in total. The molecule has 0 aliphatic carbocycles. The molecule has 1 aromatic carbocycles. The second kappa shape index (κ2) is 6.74. The zero-order chi connectivity index (χ0) is 14.5. The van der Waals surface area contributed by atoms with Crippen molar-refractivity contribution >= 4 is 27.6 Å². The molecule has 6 heteroatoms. The summed E-state index contributed by atoms with van der Waals surface area (Å²) in [5.41, 5.74) is 6.98. The van der Waals surface area contributed by atoms with E-state index in [0.717, 1.165) is 36.3 Å². The number of nitrogens with zero attached hydrogens (tertiary/aromatic N) is 3. The maximum Gasteiger partial charge on any atom is 0.191 e. The van der Waals surface area contributed by atoms with Crippen LogP contribution in [0, 0.1) is 5.82 Å². The Hall–Kier alpha value is -1.56. The van der Waals surface area contributed by atoms with Crippen LogP contribution in [0.5, 0.6) is 0 Å². The molecular weight excluding hydrogens is 323 g/mol. The van der Waals surface area contributed by atoms with Gasteiger partial charge in [0, 0.05) is 36.3 Å². The quantitative estimate of drug-likeness (QED) is 0.677. The Morgan fingerprint density at radius 1 is 1.25 bits per heavy atom. The van der Waals surface area contributed by atoms with E-state index in [1.807, 2.05) is 0 Å². The Balaban J connectivity index is 1.90. The lowest BCUT2D eigenvalue weighted by molar-refractivity contribution is 0.381. The van der Waals surface area contributed by atoms with Crippen molar-refractivity contribution in [3.8, 4) is 0 Å². The topological polar surface area (TPSA) is 44.9 Å². The standard InChI is InChI=1S/C14H18BrFN4/c1-11(15)10-18-14(17)20-8-6-19(7-9-20)13-4-2-12(16)3-5-13/h2-5H,1,6-10H2,(H2,17,18). The molecule has 1 aromatic rings. The van der Waals surface area contributed by atoms with E-state index in [1.165, 1.54) is 12.1 Å². The maximum atomic E-state index is 12.9. The monoisotopic (exact) mass is 340 g/mol. The SMILES string of the molecule is C=C(Br)CN=C(N)N1CCN(c2ccc(F)cc2)CC1. The fraction of sp³-hybridized carbons (Fsp3) is 0.357. The molecule has 0 unspecified atom stereocenters. The van der Waals surface area contributed by atoms with Crippen molar-refractivity contribution in [1.82, 2.24) is 4.90 Å². The largest absolute Gasteiger partial charge is 0.370 e. The van der Waals surface area contributed by atoms with Gasteiger partial charge in [0.25, 0.3) is 0 Å². The molecule has 0 atom stereocenters. The summed E-state index contributed by atoms with van der Waals surface area (Å²) < 4.78 is 13.7. The molecule has 1 aliphatic rings. The Morgan fingerprint density at radius 3 is 2.40 bits per heavy atom. The number of guanidine groups is 1. The predicted molar refractivity (Wildman–Crippen MR) is 84.7 cm³/mol. The molecule has 1 saturated heterocycles. The normalized spacial score (nSPS) is 16.4. The van der Waals surface area contributed by atoms with Gasteiger partial charge in [-0.3, -0.25) is 0 Å². The number of benzene rings is 1. The first-order valence-electron chi connectivity index (χ1n) is 6.45. The van der Waals surface area contributed by atoms with E-state index in [4.69, 9.17) is 5.73 Å². The first-order chi connectivity index (χ1) is 9.56. The molecule has 0 amide bonds. The molecule has 0 aromatic heterocycles. The minimum atomic E-state index is -0.209. The van der Waals surface area contributed by atoms with Crippen LogP contribution in [0.2, 0.25) is 0 Å². The average Bonchev–Trinajstić information content (AvgIpc) is 2.46. The zero-order valence-corrected chi connectivity index (χ0v) is 12.8. The minimum Gasteiger partial charge on any atom is -0.370 e. The third kappa shape index (κ3) is 3.96. The van der Waals surface area contributed by atoms with Crippen LogP contribution in [-0.2, 0) is 0 Å². The molecule has 0 saturated carbocycles. The van der Waals surface area contributed by atoms with Gasteiger partial charge in [0.15, 0.2) is 5.96 Å². The average molecular weight is 341 g/mol. The van der Waals surface area contributed by atoms with Crippen LogP contribution in [0.1, 0.15) is 0 Å². The summed E-state index contributed by atoms with van der Waals surface area (Å²) in [5, 5.41) is 0. The number of hydrogen-bond acceptors (Lipinski definition) is 2. The number of piperazine rings is 1. The summed E-state index contributed by atoms with van der Waals surface area (Å²) in [6.45, 7) is 7.52. The number of anilines is 1. The van der Waals surface area contributed by atoms with Crippen molar-refractivity contribution in [3.05, 3.63) is 41.1 Å². The van der Waals surface area contributed by atoms with Crippen molar-refractivity contribution in [2.75, 3.05) is 37.6 Å². The molecule has 2 rings (SSSR count). The van der Waals surface area contributed by atoms with Crippen LogP contribution in [0.25, 0.3) is 0 Å². The van der Waals surface area contributed by atoms with Crippen molar-refractivity contribution in [2.45, 2.75) is 0 Å². The Kier molecular flexibility index (Phi) is 5.00. The van der Waals surface area contributed by atoms with Crippen LogP contribution in [-0.4, -0.2) is 43.6 Å². The lowest BCUT2D eigenvalue weighted by atomic mass is 10.2. The van der Waals surface area contributed by atoms with E-state index in [-0.39, 0.29) is 5.82 Å². The first kappa shape index (κ1) is 14.8. The van der Waals surface area contributed by atoms with Gasteiger partial charge >= 0.3 is 0 Å². The van der Waals surface area contributed by atoms with Gasteiger partial charge in [-0.1, -0.05) is 22.5 Å². The van der Waals surface area contributed by atoms with E-state index >= 15 is 0 Å². The molecule has 1 heterocycles. The van der Waals surface area contributed by atoms with Crippen molar-refractivity contribution in [2.24, 2.45) is 10.7 Å². The summed E-state index contributed by atoms with van der Waals surface area (Å²) in [7, 11) is 0. The number of aliphatic imine (C=N–C) groups is 1. The maximum absolute atomic E-state index is 12.9. The number of rotatable bonds is 3.